The van der Waals surface area contributed by atoms with Crippen LogP contribution in [0.4, 0.5) is 0 Å². The maximum absolute atomic E-state index is 5.27. The van der Waals surface area contributed by atoms with Crippen molar-refractivity contribution in [3.05, 3.63) is 48.3 Å². The Balaban J connectivity index is 1.43. The number of benzene rings is 1. The Kier molecular flexibility index (Phi) is 6.87. The van der Waals surface area contributed by atoms with Gasteiger partial charge < -0.3 is 15.4 Å². The molecule has 6 heteroatoms. The predicted octanol–water partition coefficient (Wildman–Crippen LogP) is 2.79. The van der Waals surface area contributed by atoms with Crippen LogP contribution in [0, 0.1) is 5.41 Å². The summed E-state index contributed by atoms with van der Waals surface area (Å²) in [6.45, 7) is 2.62. The van der Waals surface area contributed by atoms with Crippen molar-refractivity contribution in [1.29, 1.82) is 0 Å². The molecule has 1 fully saturated rings. The van der Waals surface area contributed by atoms with Crippen LogP contribution in [0.1, 0.15) is 31.2 Å². The Morgan fingerprint density at radius 1 is 1.26 bits per heavy atom. The first-order valence-electron chi connectivity index (χ1n) is 9.77. The fourth-order valence-corrected chi connectivity index (χ4v) is 3.54. The zero-order chi connectivity index (χ0) is 19.0. The second-order valence-corrected chi connectivity index (χ2v) is 7.33. The van der Waals surface area contributed by atoms with Gasteiger partial charge in [-0.15, -0.1) is 0 Å². The number of hydrogen-bond acceptors (Lipinski definition) is 3. The van der Waals surface area contributed by atoms with E-state index in [2.05, 4.69) is 39.1 Å². The molecular weight excluding hydrogens is 338 g/mol. The van der Waals surface area contributed by atoms with Gasteiger partial charge in [0.2, 0.25) is 0 Å². The number of nitrogens with one attached hydrogen (secondary N) is 2. The number of para-hydroxylation sites is 1. The summed E-state index contributed by atoms with van der Waals surface area (Å²) in [7, 11) is 3.60. The minimum Gasteiger partial charge on any atom is -0.385 e. The molecule has 0 atom stereocenters. The summed E-state index contributed by atoms with van der Waals surface area (Å²) in [5.41, 5.74) is 2.66. The molecule has 1 aromatic carbocycles. The number of aromatic nitrogens is 2. The molecule has 0 bridgehead atoms. The number of ether oxygens (including phenoxy) is 1. The van der Waals surface area contributed by atoms with Gasteiger partial charge in [-0.2, -0.15) is 5.10 Å². The summed E-state index contributed by atoms with van der Waals surface area (Å²) in [6, 6.07) is 10.2. The maximum Gasteiger partial charge on any atom is 0.191 e. The quantitative estimate of drug-likeness (QED) is 0.527. The molecule has 0 unspecified atom stereocenters. The van der Waals surface area contributed by atoms with E-state index in [9.17, 15) is 0 Å². The van der Waals surface area contributed by atoms with Crippen LogP contribution in [-0.4, -0.2) is 49.6 Å². The highest BCUT2D eigenvalue weighted by atomic mass is 16.5. The first-order valence-corrected chi connectivity index (χ1v) is 9.77. The summed E-state index contributed by atoms with van der Waals surface area (Å²) >= 11 is 0. The smallest absolute Gasteiger partial charge is 0.191 e. The average Bonchev–Trinajstić information content (AvgIpc) is 3.15. The summed E-state index contributed by atoms with van der Waals surface area (Å²) < 4.78 is 7.19. The van der Waals surface area contributed by atoms with Gasteiger partial charge >= 0.3 is 0 Å². The van der Waals surface area contributed by atoms with Gasteiger partial charge in [0.25, 0.3) is 0 Å². The average molecular weight is 370 g/mol. The van der Waals surface area contributed by atoms with Crippen molar-refractivity contribution in [1.82, 2.24) is 20.4 Å². The molecule has 0 radical (unpaired) electrons. The van der Waals surface area contributed by atoms with Crippen LogP contribution in [0.3, 0.4) is 0 Å². The van der Waals surface area contributed by atoms with E-state index in [0.29, 0.717) is 5.41 Å². The van der Waals surface area contributed by atoms with Gasteiger partial charge in [0.15, 0.2) is 5.96 Å². The zero-order valence-electron chi connectivity index (χ0n) is 16.4. The molecule has 0 aliphatic heterocycles. The Bertz CT molecular complexity index is 721. The largest absolute Gasteiger partial charge is 0.385 e. The van der Waals surface area contributed by atoms with Crippen molar-refractivity contribution in [3.8, 4) is 5.69 Å². The van der Waals surface area contributed by atoms with Crippen LogP contribution in [0.25, 0.3) is 5.69 Å². The summed E-state index contributed by atoms with van der Waals surface area (Å²) in [5.74, 6) is 0.870. The lowest BCUT2D eigenvalue weighted by Crippen LogP contribution is -2.47. The highest BCUT2D eigenvalue weighted by molar-refractivity contribution is 5.79. The van der Waals surface area contributed by atoms with Gasteiger partial charge in [-0.3, -0.25) is 4.99 Å². The van der Waals surface area contributed by atoms with E-state index in [1.165, 1.54) is 24.8 Å². The lowest BCUT2D eigenvalue weighted by molar-refractivity contribution is 0.0732. The Morgan fingerprint density at radius 3 is 2.74 bits per heavy atom. The van der Waals surface area contributed by atoms with Crippen LogP contribution in [0.5, 0.6) is 0 Å². The molecule has 2 N–H and O–H groups in total. The summed E-state index contributed by atoms with van der Waals surface area (Å²) in [4.78, 5) is 4.36. The lowest BCUT2D eigenvalue weighted by Gasteiger charge is -2.42. The number of guanidine groups is 1. The molecule has 0 saturated heterocycles. The van der Waals surface area contributed by atoms with Crippen molar-refractivity contribution in [2.75, 3.05) is 33.9 Å². The number of rotatable bonds is 9. The summed E-state index contributed by atoms with van der Waals surface area (Å²) in [6.07, 6.45) is 9.91. The van der Waals surface area contributed by atoms with Crippen molar-refractivity contribution >= 4 is 5.96 Å². The standard InChI is InChI=1S/C21H31N5O/c1-22-20(24-17-21(10-6-11-21)12-14-27-2)23-13-9-18-15-25-26(16-18)19-7-4-3-5-8-19/h3-5,7-8,15-16H,6,9-14,17H2,1-2H3,(H2,22,23,24). The fraction of sp³-hybridized carbons (Fsp3) is 0.524. The molecular formula is C21H31N5O. The van der Waals surface area contributed by atoms with Crippen LogP contribution in [-0.2, 0) is 11.2 Å². The van der Waals surface area contributed by atoms with Gasteiger partial charge in [-0.05, 0) is 48.8 Å². The molecule has 2 aromatic rings. The first kappa shape index (κ1) is 19.4. The van der Waals surface area contributed by atoms with E-state index in [1.54, 1.807) is 7.11 Å². The van der Waals surface area contributed by atoms with Gasteiger partial charge in [0.05, 0.1) is 11.9 Å². The molecule has 3 rings (SSSR count). The van der Waals surface area contributed by atoms with Crippen molar-refractivity contribution in [2.45, 2.75) is 32.1 Å². The van der Waals surface area contributed by atoms with Crippen molar-refractivity contribution in [3.63, 3.8) is 0 Å². The van der Waals surface area contributed by atoms with E-state index in [0.717, 1.165) is 44.2 Å². The molecule has 27 heavy (non-hydrogen) atoms. The maximum atomic E-state index is 5.27. The number of methoxy groups -OCH3 is 1. The fourth-order valence-electron chi connectivity index (χ4n) is 3.54. The molecule has 0 amide bonds. The zero-order valence-corrected chi connectivity index (χ0v) is 16.4. The van der Waals surface area contributed by atoms with Gasteiger partial charge in [0.1, 0.15) is 0 Å². The molecule has 1 aromatic heterocycles. The van der Waals surface area contributed by atoms with Crippen molar-refractivity contribution < 1.29 is 4.74 Å². The Morgan fingerprint density at radius 2 is 2.07 bits per heavy atom. The van der Waals surface area contributed by atoms with Crippen LogP contribution < -0.4 is 10.6 Å². The molecule has 1 aliphatic carbocycles. The number of hydrogen-bond donors (Lipinski definition) is 2. The topological polar surface area (TPSA) is 63.5 Å². The second kappa shape index (κ2) is 9.55. The van der Waals surface area contributed by atoms with Gasteiger partial charge in [-0.25, -0.2) is 4.68 Å². The third-order valence-corrected chi connectivity index (χ3v) is 5.47. The van der Waals surface area contributed by atoms with Gasteiger partial charge in [0, 0.05) is 40.1 Å². The third kappa shape index (κ3) is 5.32. The highest BCUT2D eigenvalue weighted by Crippen LogP contribution is 2.43. The molecule has 0 spiro atoms. The van der Waals surface area contributed by atoms with E-state index < -0.39 is 0 Å². The van der Waals surface area contributed by atoms with Gasteiger partial charge in [-0.1, -0.05) is 24.6 Å². The molecule has 6 nitrogen and oxygen atoms in total. The first-order chi connectivity index (χ1) is 13.2. The number of aliphatic imine (C=N–C) groups is 1. The van der Waals surface area contributed by atoms with E-state index in [-0.39, 0.29) is 0 Å². The Labute approximate surface area is 162 Å². The SMILES string of the molecule is CN=C(NCCc1cnn(-c2ccccc2)c1)NCC1(CCOC)CCC1. The third-order valence-electron chi connectivity index (χ3n) is 5.47. The van der Waals surface area contributed by atoms with Crippen LogP contribution in [0.15, 0.2) is 47.7 Å². The monoisotopic (exact) mass is 369 g/mol. The Hall–Kier alpha value is -2.34. The number of nitrogens with zero attached hydrogens (tertiary/aromatic N) is 3. The van der Waals surface area contributed by atoms with E-state index >= 15 is 0 Å². The molecule has 146 valence electrons. The van der Waals surface area contributed by atoms with Crippen LogP contribution >= 0.6 is 0 Å². The second-order valence-electron chi connectivity index (χ2n) is 7.33. The highest BCUT2D eigenvalue weighted by Gasteiger charge is 2.36. The van der Waals surface area contributed by atoms with E-state index in [1.807, 2.05) is 36.1 Å². The summed E-state index contributed by atoms with van der Waals surface area (Å²) in [5, 5.41) is 11.4. The molecule has 1 aliphatic rings. The minimum absolute atomic E-state index is 0.379. The molecule has 1 saturated carbocycles. The van der Waals surface area contributed by atoms with Crippen molar-refractivity contribution in [2.24, 2.45) is 10.4 Å². The minimum atomic E-state index is 0.379. The lowest BCUT2D eigenvalue weighted by atomic mass is 9.67. The predicted molar refractivity (Wildman–Crippen MR) is 109 cm³/mol. The van der Waals surface area contributed by atoms with Crippen LogP contribution in [0.2, 0.25) is 0 Å². The normalized spacial score (nSPS) is 16.0. The van der Waals surface area contributed by atoms with E-state index in [4.69, 9.17) is 4.74 Å². The molecule has 1 heterocycles.